The molecule has 0 saturated heterocycles. The van der Waals surface area contributed by atoms with Crippen LogP contribution in [0.1, 0.15) is 17.3 Å². The van der Waals surface area contributed by atoms with E-state index in [-0.39, 0.29) is 6.04 Å². The zero-order valence-corrected chi connectivity index (χ0v) is 11.5. The zero-order chi connectivity index (χ0) is 13.7. The Morgan fingerprint density at radius 1 is 1.42 bits per heavy atom. The Hall–Kier alpha value is -1.43. The quantitative estimate of drug-likeness (QED) is 0.876. The first-order chi connectivity index (χ1) is 9.22. The van der Waals surface area contributed by atoms with E-state index in [0.29, 0.717) is 24.6 Å². The number of aromatic nitrogens is 3. The van der Waals surface area contributed by atoms with Gasteiger partial charge in [0, 0.05) is 19.5 Å². The van der Waals surface area contributed by atoms with Gasteiger partial charge in [-0.05, 0) is 24.1 Å². The predicted molar refractivity (Wildman–Crippen MR) is 74.0 cm³/mol. The molecule has 1 atom stereocenters. The van der Waals surface area contributed by atoms with Crippen molar-refractivity contribution < 1.29 is 4.74 Å². The van der Waals surface area contributed by atoms with Crippen molar-refractivity contribution in [1.29, 1.82) is 0 Å². The van der Waals surface area contributed by atoms with Crippen molar-refractivity contribution in [2.75, 3.05) is 13.7 Å². The molecule has 0 bridgehead atoms. The summed E-state index contributed by atoms with van der Waals surface area (Å²) < 4.78 is 6.86. The summed E-state index contributed by atoms with van der Waals surface area (Å²) in [5.41, 5.74) is 8.20. The average molecular weight is 281 g/mol. The molecule has 102 valence electrons. The summed E-state index contributed by atoms with van der Waals surface area (Å²) in [5.74, 6) is 0. The number of ether oxygens (including phenoxy) is 1. The molecule has 0 aromatic carbocycles. The molecule has 0 radical (unpaired) electrons. The van der Waals surface area contributed by atoms with Crippen molar-refractivity contribution in [3.8, 4) is 0 Å². The van der Waals surface area contributed by atoms with Crippen LogP contribution in [-0.4, -0.2) is 28.5 Å². The van der Waals surface area contributed by atoms with Crippen LogP contribution in [-0.2, 0) is 17.7 Å². The highest BCUT2D eigenvalue weighted by Crippen LogP contribution is 2.23. The minimum atomic E-state index is -0.200. The molecular weight excluding hydrogens is 264 g/mol. The Balaban J connectivity index is 2.14. The normalized spacial score (nSPS) is 12.6. The van der Waals surface area contributed by atoms with Crippen LogP contribution in [0.25, 0.3) is 0 Å². The molecule has 0 aliphatic rings. The maximum absolute atomic E-state index is 6.24. The fourth-order valence-corrected chi connectivity index (χ4v) is 2.25. The van der Waals surface area contributed by atoms with Gasteiger partial charge in [0.2, 0.25) is 0 Å². The molecule has 2 rings (SSSR count). The van der Waals surface area contributed by atoms with Crippen LogP contribution >= 0.6 is 11.6 Å². The average Bonchev–Trinajstić information content (AvgIpc) is 2.78. The molecule has 0 aliphatic carbocycles. The van der Waals surface area contributed by atoms with Gasteiger partial charge in [0.05, 0.1) is 36.1 Å². The van der Waals surface area contributed by atoms with Crippen LogP contribution in [0.2, 0.25) is 5.02 Å². The summed E-state index contributed by atoms with van der Waals surface area (Å²) >= 11 is 6.17. The molecule has 5 nitrogen and oxygen atoms in total. The van der Waals surface area contributed by atoms with E-state index in [1.54, 1.807) is 30.4 Å². The molecule has 0 aliphatic heterocycles. The van der Waals surface area contributed by atoms with Gasteiger partial charge in [-0.25, -0.2) is 0 Å². The predicted octanol–water partition coefficient (Wildman–Crippen LogP) is 1.82. The van der Waals surface area contributed by atoms with Crippen molar-refractivity contribution in [3.05, 3.63) is 47.0 Å². The van der Waals surface area contributed by atoms with Gasteiger partial charge in [0.25, 0.3) is 0 Å². The van der Waals surface area contributed by atoms with Gasteiger partial charge in [-0.1, -0.05) is 11.6 Å². The number of methoxy groups -OCH3 is 1. The van der Waals surface area contributed by atoms with Crippen molar-refractivity contribution >= 4 is 11.6 Å². The summed E-state index contributed by atoms with van der Waals surface area (Å²) in [6, 6.07) is 3.70. The molecular formula is C13H17ClN4O. The number of nitrogens with zero attached hydrogens (tertiary/aromatic N) is 3. The van der Waals surface area contributed by atoms with Crippen LogP contribution < -0.4 is 5.73 Å². The summed E-state index contributed by atoms with van der Waals surface area (Å²) in [5, 5.41) is 4.82. The first-order valence-electron chi connectivity index (χ1n) is 6.07. The van der Waals surface area contributed by atoms with Crippen LogP contribution in [0.4, 0.5) is 0 Å². The molecule has 0 amide bonds. The number of halogens is 1. The van der Waals surface area contributed by atoms with E-state index in [1.807, 2.05) is 12.1 Å². The molecule has 6 heteroatoms. The monoisotopic (exact) mass is 280 g/mol. The topological polar surface area (TPSA) is 66.0 Å². The molecule has 19 heavy (non-hydrogen) atoms. The maximum atomic E-state index is 6.24. The molecule has 2 heterocycles. The maximum Gasteiger partial charge on any atom is 0.0834 e. The second kappa shape index (κ2) is 6.65. The first kappa shape index (κ1) is 14.0. The summed E-state index contributed by atoms with van der Waals surface area (Å²) in [6.45, 7) is 1.22. The van der Waals surface area contributed by atoms with E-state index in [9.17, 15) is 0 Å². The smallest absolute Gasteiger partial charge is 0.0834 e. The van der Waals surface area contributed by atoms with Gasteiger partial charge in [-0.15, -0.1) is 0 Å². The third kappa shape index (κ3) is 3.53. The summed E-state index contributed by atoms with van der Waals surface area (Å²) in [6.07, 6.45) is 5.83. The number of hydrogen-bond acceptors (Lipinski definition) is 4. The molecule has 2 aromatic heterocycles. The standard InChI is InChI=1S/C13H17ClN4O/c1-19-7-6-18-13(11(14)9-17-18)12(15)8-10-2-4-16-5-3-10/h2-5,9,12H,6-8,15H2,1H3. The zero-order valence-electron chi connectivity index (χ0n) is 10.8. The second-order valence-corrected chi connectivity index (χ2v) is 4.67. The lowest BCUT2D eigenvalue weighted by Gasteiger charge is -2.15. The van der Waals surface area contributed by atoms with E-state index < -0.39 is 0 Å². The third-order valence-corrected chi connectivity index (χ3v) is 3.19. The van der Waals surface area contributed by atoms with Gasteiger partial charge >= 0.3 is 0 Å². The number of hydrogen-bond donors (Lipinski definition) is 1. The Morgan fingerprint density at radius 3 is 2.84 bits per heavy atom. The minimum absolute atomic E-state index is 0.200. The van der Waals surface area contributed by atoms with Crippen LogP contribution in [0, 0.1) is 0 Å². The first-order valence-corrected chi connectivity index (χ1v) is 6.44. The second-order valence-electron chi connectivity index (χ2n) is 4.26. The minimum Gasteiger partial charge on any atom is -0.383 e. The van der Waals surface area contributed by atoms with Gasteiger partial charge in [0.15, 0.2) is 0 Å². The van der Waals surface area contributed by atoms with E-state index in [4.69, 9.17) is 22.1 Å². The molecule has 0 fully saturated rings. The fraction of sp³-hybridized carbons (Fsp3) is 0.385. The van der Waals surface area contributed by atoms with Crippen LogP contribution in [0.5, 0.6) is 0 Å². The number of nitrogens with two attached hydrogens (primary N) is 1. The van der Waals surface area contributed by atoms with Crippen LogP contribution in [0.15, 0.2) is 30.7 Å². The Labute approximate surface area is 117 Å². The highest BCUT2D eigenvalue weighted by atomic mass is 35.5. The Morgan fingerprint density at radius 2 is 2.16 bits per heavy atom. The van der Waals surface area contributed by atoms with Crippen LogP contribution in [0.3, 0.4) is 0 Å². The molecule has 2 N–H and O–H groups in total. The van der Waals surface area contributed by atoms with E-state index in [2.05, 4.69) is 10.1 Å². The van der Waals surface area contributed by atoms with E-state index in [0.717, 1.165) is 11.3 Å². The molecule has 0 saturated carbocycles. The van der Waals surface area contributed by atoms with Gasteiger partial charge in [-0.2, -0.15) is 5.10 Å². The van der Waals surface area contributed by atoms with E-state index >= 15 is 0 Å². The van der Waals surface area contributed by atoms with Gasteiger partial charge in [0.1, 0.15) is 0 Å². The van der Waals surface area contributed by atoms with Crippen molar-refractivity contribution in [3.63, 3.8) is 0 Å². The van der Waals surface area contributed by atoms with Gasteiger partial charge in [-0.3, -0.25) is 9.67 Å². The SMILES string of the molecule is COCCn1ncc(Cl)c1C(N)Cc1ccncc1. The van der Waals surface area contributed by atoms with E-state index in [1.165, 1.54) is 0 Å². The summed E-state index contributed by atoms with van der Waals surface area (Å²) in [4.78, 5) is 3.99. The number of pyridine rings is 1. The lowest BCUT2D eigenvalue weighted by molar-refractivity contribution is 0.182. The largest absolute Gasteiger partial charge is 0.383 e. The lowest BCUT2D eigenvalue weighted by atomic mass is 10.1. The fourth-order valence-electron chi connectivity index (χ4n) is 1.97. The van der Waals surface area contributed by atoms with Crippen molar-refractivity contribution in [1.82, 2.24) is 14.8 Å². The molecule has 0 spiro atoms. The molecule has 1 unspecified atom stereocenters. The van der Waals surface area contributed by atoms with Crippen molar-refractivity contribution in [2.45, 2.75) is 19.0 Å². The Kier molecular flexibility index (Phi) is 4.90. The third-order valence-electron chi connectivity index (χ3n) is 2.90. The Bertz CT molecular complexity index is 515. The highest BCUT2D eigenvalue weighted by molar-refractivity contribution is 6.31. The van der Waals surface area contributed by atoms with Crippen molar-refractivity contribution in [2.24, 2.45) is 5.73 Å². The highest BCUT2D eigenvalue weighted by Gasteiger charge is 2.17. The number of rotatable bonds is 6. The summed E-state index contributed by atoms with van der Waals surface area (Å²) in [7, 11) is 1.65. The lowest BCUT2D eigenvalue weighted by Crippen LogP contribution is -2.20. The molecule has 2 aromatic rings. The van der Waals surface area contributed by atoms with Gasteiger partial charge < -0.3 is 10.5 Å².